The highest BCUT2D eigenvalue weighted by Crippen LogP contribution is 2.42. The van der Waals surface area contributed by atoms with Crippen LogP contribution in [0.3, 0.4) is 0 Å². The first-order valence-corrected chi connectivity index (χ1v) is 10.2. The molecule has 1 amide bonds. The number of piperidine rings is 1. The van der Waals surface area contributed by atoms with Crippen molar-refractivity contribution < 1.29 is 14.3 Å². The number of ether oxygens (including phenoxy) is 2. The third-order valence-corrected chi connectivity index (χ3v) is 5.96. The molecule has 1 fully saturated rings. The molecule has 2 aromatic rings. The third-order valence-electron chi connectivity index (χ3n) is 5.96. The molecule has 6 nitrogen and oxygen atoms in total. The Bertz CT molecular complexity index is 882. The Hall–Kier alpha value is -2.73. The molecule has 29 heavy (non-hydrogen) atoms. The molecule has 2 unspecified atom stereocenters. The van der Waals surface area contributed by atoms with E-state index in [1.807, 2.05) is 24.3 Å². The van der Waals surface area contributed by atoms with Crippen molar-refractivity contribution in [2.24, 2.45) is 0 Å². The maximum Gasteiger partial charge on any atom is 0.221 e. The van der Waals surface area contributed by atoms with Gasteiger partial charge in [-0.25, -0.2) is 0 Å². The second kappa shape index (κ2) is 8.33. The molecule has 2 N–H and O–H groups in total. The Kier molecular flexibility index (Phi) is 5.62. The van der Waals surface area contributed by atoms with Crippen LogP contribution in [0.2, 0.25) is 0 Å². The Labute approximate surface area is 172 Å². The van der Waals surface area contributed by atoms with Gasteiger partial charge in [0.25, 0.3) is 0 Å². The number of nitrogens with zero attached hydrogens (tertiary/aromatic N) is 1. The minimum Gasteiger partial charge on any atom is -0.493 e. The summed E-state index contributed by atoms with van der Waals surface area (Å²) in [5.41, 5.74) is 4.63. The number of hydrogen-bond acceptors (Lipinski definition) is 5. The number of carbonyl (C=O) groups excluding carboxylic acids is 1. The summed E-state index contributed by atoms with van der Waals surface area (Å²) in [5, 5.41) is 6.49. The number of amides is 1. The third kappa shape index (κ3) is 4.17. The van der Waals surface area contributed by atoms with Crippen LogP contribution in [-0.2, 0) is 11.2 Å². The van der Waals surface area contributed by atoms with Gasteiger partial charge in [0, 0.05) is 43.5 Å². The fourth-order valence-corrected chi connectivity index (χ4v) is 4.55. The first kappa shape index (κ1) is 19.6. The molecule has 0 aromatic heterocycles. The molecular formula is C23H29N3O3. The van der Waals surface area contributed by atoms with E-state index in [1.165, 1.54) is 18.1 Å². The van der Waals surface area contributed by atoms with Crippen LogP contribution in [0.25, 0.3) is 0 Å². The lowest BCUT2D eigenvalue weighted by atomic mass is 9.84. The number of benzene rings is 2. The molecule has 0 bridgehead atoms. The van der Waals surface area contributed by atoms with E-state index in [0.717, 1.165) is 55.2 Å². The summed E-state index contributed by atoms with van der Waals surface area (Å²) < 4.78 is 11.0. The van der Waals surface area contributed by atoms with Gasteiger partial charge in [-0.05, 0) is 66.8 Å². The minimum atomic E-state index is -0.0545. The van der Waals surface area contributed by atoms with Gasteiger partial charge in [0.2, 0.25) is 5.91 Å². The van der Waals surface area contributed by atoms with Gasteiger partial charge in [-0.3, -0.25) is 9.69 Å². The van der Waals surface area contributed by atoms with E-state index in [-0.39, 0.29) is 5.91 Å². The summed E-state index contributed by atoms with van der Waals surface area (Å²) >= 11 is 0. The Morgan fingerprint density at radius 3 is 2.41 bits per heavy atom. The molecule has 0 aliphatic carbocycles. The van der Waals surface area contributed by atoms with Crippen LogP contribution in [0, 0.1) is 0 Å². The van der Waals surface area contributed by atoms with Crippen LogP contribution in [0.1, 0.15) is 36.9 Å². The molecule has 6 heteroatoms. The number of fused-ring (bicyclic) bond motifs is 3. The highest BCUT2D eigenvalue weighted by Gasteiger charge is 2.34. The molecule has 2 atom stereocenters. The first-order chi connectivity index (χ1) is 14.1. The van der Waals surface area contributed by atoms with Crippen LogP contribution < -0.4 is 20.1 Å². The predicted molar refractivity (Wildman–Crippen MR) is 115 cm³/mol. The fraction of sp³-hybridized carbons (Fsp3) is 0.435. The van der Waals surface area contributed by atoms with Crippen molar-refractivity contribution in [2.75, 3.05) is 37.9 Å². The van der Waals surface area contributed by atoms with Crippen molar-refractivity contribution in [3.63, 3.8) is 0 Å². The van der Waals surface area contributed by atoms with E-state index >= 15 is 0 Å². The summed E-state index contributed by atoms with van der Waals surface area (Å²) in [7, 11) is 3.39. The van der Waals surface area contributed by atoms with E-state index in [1.54, 1.807) is 14.2 Å². The van der Waals surface area contributed by atoms with Gasteiger partial charge >= 0.3 is 0 Å². The van der Waals surface area contributed by atoms with Gasteiger partial charge in [-0.1, -0.05) is 0 Å². The molecule has 2 aliphatic rings. The maximum absolute atomic E-state index is 11.2. The minimum absolute atomic E-state index is 0.0545. The van der Waals surface area contributed by atoms with Crippen molar-refractivity contribution in [1.82, 2.24) is 4.90 Å². The lowest BCUT2D eigenvalue weighted by molar-refractivity contribution is -0.114. The van der Waals surface area contributed by atoms with Crippen LogP contribution in [0.5, 0.6) is 11.5 Å². The van der Waals surface area contributed by atoms with Crippen LogP contribution in [0.15, 0.2) is 36.4 Å². The van der Waals surface area contributed by atoms with Gasteiger partial charge in [-0.15, -0.1) is 0 Å². The maximum atomic E-state index is 11.2. The molecular weight excluding hydrogens is 366 g/mol. The quantitative estimate of drug-likeness (QED) is 0.806. The molecule has 4 rings (SSSR count). The molecule has 2 heterocycles. The topological polar surface area (TPSA) is 62.8 Å². The van der Waals surface area contributed by atoms with Crippen molar-refractivity contribution in [3.05, 3.63) is 47.5 Å². The average Bonchev–Trinajstić information content (AvgIpc) is 2.73. The van der Waals surface area contributed by atoms with E-state index in [4.69, 9.17) is 9.47 Å². The van der Waals surface area contributed by atoms with E-state index in [2.05, 4.69) is 27.7 Å². The van der Waals surface area contributed by atoms with Crippen molar-refractivity contribution in [3.8, 4) is 11.5 Å². The fourth-order valence-electron chi connectivity index (χ4n) is 4.55. The lowest BCUT2D eigenvalue weighted by Gasteiger charge is -2.44. The Morgan fingerprint density at radius 1 is 1.03 bits per heavy atom. The van der Waals surface area contributed by atoms with Crippen molar-refractivity contribution in [2.45, 2.75) is 38.3 Å². The lowest BCUT2D eigenvalue weighted by Crippen LogP contribution is -2.44. The Balaban J connectivity index is 1.49. The summed E-state index contributed by atoms with van der Waals surface area (Å²) in [6.45, 7) is 3.69. The number of rotatable bonds is 5. The van der Waals surface area contributed by atoms with Crippen molar-refractivity contribution >= 4 is 17.3 Å². The predicted octanol–water partition coefficient (Wildman–Crippen LogP) is 3.84. The first-order valence-electron chi connectivity index (χ1n) is 10.2. The zero-order valence-electron chi connectivity index (χ0n) is 17.3. The van der Waals surface area contributed by atoms with E-state index in [9.17, 15) is 4.79 Å². The monoisotopic (exact) mass is 395 g/mol. The second-order valence-corrected chi connectivity index (χ2v) is 7.83. The molecule has 2 aliphatic heterocycles. The summed E-state index contributed by atoms with van der Waals surface area (Å²) in [4.78, 5) is 13.8. The standard InChI is InChI=1S/C23H29N3O3/c1-15(27)24-17-4-6-18(7-5-17)25-19-9-11-26-10-8-16-12-22(28-2)23(29-3)14-20(16)21(26)13-19/h4-7,12,14,19,21,25H,8-11,13H2,1-3H3,(H,24,27). The van der Waals surface area contributed by atoms with Gasteiger partial charge in [-0.2, -0.15) is 0 Å². The molecule has 1 saturated heterocycles. The van der Waals surface area contributed by atoms with E-state index in [0.29, 0.717) is 12.1 Å². The summed E-state index contributed by atoms with van der Waals surface area (Å²) in [6, 6.07) is 13.0. The van der Waals surface area contributed by atoms with E-state index < -0.39 is 0 Å². The van der Waals surface area contributed by atoms with Crippen molar-refractivity contribution in [1.29, 1.82) is 0 Å². The van der Waals surface area contributed by atoms with Gasteiger partial charge < -0.3 is 20.1 Å². The van der Waals surface area contributed by atoms with Gasteiger partial charge in [0.15, 0.2) is 11.5 Å². The molecule has 0 saturated carbocycles. The number of carbonyl (C=O) groups is 1. The highest BCUT2D eigenvalue weighted by molar-refractivity contribution is 5.88. The largest absolute Gasteiger partial charge is 0.493 e. The van der Waals surface area contributed by atoms with Crippen LogP contribution in [-0.4, -0.2) is 44.2 Å². The second-order valence-electron chi connectivity index (χ2n) is 7.83. The normalized spacial score (nSPS) is 20.9. The zero-order valence-corrected chi connectivity index (χ0v) is 17.3. The highest BCUT2D eigenvalue weighted by atomic mass is 16.5. The van der Waals surface area contributed by atoms with Crippen LogP contribution in [0.4, 0.5) is 11.4 Å². The molecule has 0 radical (unpaired) electrons. The number of hydrogen-bond donors (Lipinski definition) is 2. The summed E-state index contributed by atoms with van der Waals surface area (Å²) in [6.07, 6.45) is 3.22. The SMILES string of the molecule is COc1cc2c(cc1OC)C1CC(Nc3ccc(NC(C)=O)cc3)CCN1CC2. The molecule has 2 aromatic carbocycles. The number of nitrogens with one attached hydrogen (secondary N) is 2. The molecule has 154 valence electrons. The summed E-state index contributed by atoms with van der Waals surface area (Å²) in [5.74, 6) is 1.56. The number of methoxy groups -OCH3 is 2. The number of anilines is 2. The smallest absolute Gasteiger partial charge is 0.221 e. The zero-order chi connectivity index (χ0) is 20.4. The van der Waals surface area contributed by atoms with Gasteiger partial charge in [0.05, 0.1) is 14.2 Å². The molecule has 0 spiro atoms. The van der Waals surface area contributed by atoms with Crippen LogP contribution >= 0.6 is 0 Å². The average molecular weight is 396 g/mol. The van der Waals surface area contributed by atoms with Gasteiger partial charge in [0.1, 0.15) is 0 Å². The Morgan fingerprint density at radius 2 is 1.72 bits per heavy atom.